The van der Waals surface area contributed by atoms with Crippen LogP contribution in [0, 0.1) is 11.3 Å². The highest BCUT2D eigenvalue weighted by atomic mass is 32.1. The fraction of sp³-hybridized carbons (Fsp3) is 0.0909. The summed E-state index contributed by atoms with van der Waals surface area (Å²) in [4.78, 5) is 3.50. The maximum absolute atomic E-state index is 12.4. The lowest BCUT2D eigenvalue weighted by atomic mass is 10.1. The van der Waals surface area contributed by atoms with Gasteiger partial charge in [0.15, 0.2) is 5.01 Å². The lowest BCUT2D eigenvalue weighted by Crippen LogP contribution is -2.03. The molecule has 3 nitrogen and oxygen atoms in total. The molecular weight excluding hydrogens is 263 g/mol. The zero-order chi connectivity index (χ0) is 13.3. The van der Waals surface area contributed by atoms with Gasteiger partial charge in [-0.2, -0.15) is 18.4 Å². The number of aromatic nitrogens is 1. The number of hydrogen-bond donors (Lipinski definition) is 1. The lowest BCUT2D eigenvalue weighted by Gasteiger charge is -2.01. The molecule has 92 valence electrons. The van der Waals surface area contributed by atoms with Crippen LogP contribution in [0.25, 0.3) is 11.3 Å². The molecule has 2 rings (SSSR count). The topological polar surface area (TPSA) is 62.7 Å². The maximum atomic E-state index is 12.4. The number of anilines is 1. The summed E-state index contributed by atoms with van der Waals surface area (Å²) >= 11 is 0.519. The van der Waals surface area contributed by atoms with Crippen molar-refractivity contribution in [1.29, 1.82) is 5.26 Å². The summed E-state index contributed by atoms with van der Waals surface area (Å²) in [6.45, 7) is 0. The van der Waals surface area contributed by atoms with E-state index in [1.807, 2.05) is 6.07 Å². The van der Waals surface area contributed by atoms with Gasteiger partial charge in [0.25, 0.3) is 0 Å². The molecule has 0 saturated heterocycles. The normalized spacial score (nSPS) is 11.2. The van der Waals surface area contributed by atoms with Gasteiger partial charge in [0.1, 0.15) is 6.07 Å². The van der Waals surface area contributed by atoms with Crippen LogP contribution in [0.15, 0.2) is 23.6 Å². The molecule has 2 N–H and O–H groups in total. The second-order valence-corrected chi connectivity index (χ2v) is 4.31. The molecule has 1 heterocycles. The molecule has 0 aliphatic rings. The number of nitrogens with zero attached hydrogens (tertiary/aromatic N) is 2. The standard InChI is InChI=1S/C11H6F3N3S/c12-11(13,14)10-17-9(5-18-10)6-1-2-8(16)7(3-6)4-15/h1-3,5H,16H2. The Kier molecular flexibility index (Phi) is 2.97. The minimum absolute atomic E-state index is 0.184. The third kappa shape index (κ3) is 2.28. The van der Waals surface area contributed by atoms with Gasteiger partial charge in [-0.3, -0.25) is 0 Å². The molecule has 0 fully saturated rings. The number of alkyl halides is 3. The van der Waals surface area contributed by atoms with E-state index in [0.29, 0.717) is 16.9 Å². The van der Waals surface area contributed by atoms with Crippen LogP contribution < -0.4 is 5.73 Å². The third-order valence-corrected chi connectivity index (χ3v) is 3.10. The molecule has 0 unspecified atom stereocenters. The predicted octanol–water partition coefficient (Wildman–Crippen LogP) is 3.28. The first-order valence-corrected chi connectivity index (χ1v) is 5.62. The minimum Gasteiger partial charge on any atom is -0.398 e. The summed E-state index contributed by atoms with van der Waals surface area (Å²) in [6.07, 6.45) is -4.45. The van der Waals surface area contributed by atoms with E-state index in [2.05, 4.69) is 4.98 Å². The Morgan fingerprint density at radius 3 is 2.61 bits per heavy atom. The average Bonchev–Trinajstić information content (AvgIpc) is 2.78. The molecule has 0 atom stereocenters. The first-order valence-electron chi connectivity index (χ1n) is 4.74. The van der Waals surface area contributed by atoms with Crippen molar-refractivity contribution < 1.29 is 13.2 Å². The van der Waals surface area contributed by atoms with Gasteiger partial charge in [-0.1, -0.05) is 6.07 Å². The highest BCUT2D eigenvalue weighted by molar-refractivity contribution is 7.10. The van der Waals surface area contributed by atoms with Crippen LogP contribution in [0.5, 0.6) is 0 Å². The zero-order valence-electron chi connectivity index (χ0n) is 8.82. The van der Waals surface area contributed by atoms with Crippen molar-refractivity contribution in [2.75, 3.05) is 5.73 Å². The summed E-state index contributed by atoms with van der Waals surface area (Å²) < 4.78 is 37.2. The summed E-state index contributed by atoms with van der Waals surface area (Å²) in [5.41, 5.74) is 6.66. The van der Waals surface area contributed by atoms with Crippen LogP contribution in [0.4, 0.5) is 18.9 Å². The van der Waals surface area contributed by atoms with Crippen molar-refractivity contribution in [1.82, 2.24) is 4.98 Å². The van der Waals surface area contributed by atoms with Crippen LogP contribution in [-0.4, -0.2) is 4.98 Å². The second kappa shape index (κ2) is 4.31. The number of nitrogen functional groups attached to an aromatic ring is 1. The van der Waals surface area contributed by atoms with E-state index in [-0.39, 0.29) is 16.9 Å². The van der Waals surface area contributed by atoms with Crippen molar-refractivity contribution in [3.8, 4) is 17.3 Å². The van der Waals surface area contributed by atoms with Gasteiger partial charge in [-0.25, -0.2) is 4.98 Å². The minimum atomic E-state index is -4.45. The molecule has 1 aromatic carbocycles. The first kappa shape index (κ1) is 12.4. The molecule has 0 aliphatic carbocycles. The Hall–Kier alpha value is -2.07. The summed E-state index contributed by atoms with van der Waals surface area (Å²) in [6, 6.07) is 6.30. The van der Waals surface area contributed by atoms with Crippen LogP contribution in [0.1, 0.15) is 10.6 Å². The largest absolute Gasteiger partial charge is 0.443 e. The molecule has 0 spiro atoms. The fourth-order valence-corrected chi connectivity index (χ4v) is 2.05. The smallest absolute Gasteiger partial charge is 0.398 e. The van der Waals surface area contributed by atoms with E-state index in [0.717, 1.165) is 0 Å². The number of benzene rings is 1. The van der Waals surface area contributed by atoms with E-state index in [9.17, 15) is 13.2 Å². The molecule has 2 aromatic rings. The van der Waals surface area contributed by atoms with E-state index in [1.165, 1.54) is 23.6 Å². The zero-order valence-corrected chi connectivity index (χ0v) is 9.64. The van der Waals surface area contributed by atoms with E-state index in [1.54, 1.807) is 0 Å². The highest BCUT2D eigenvalue weighted by Crippen LogP contribution is 2.34. The van der Waals surface area contributed by atoms with Gasteiger partial charge < -0.3 is 5.73 Å². The second-order valence-electron chi connectivity index (χ2n) is 3.45. The molecule has 0 aliphatic heterocycles. The van der Waals surface area contributed by atoms with Gasteiger partial charge in [0.05, 0.1) is 11.3 Å². The van der Waals surface area contributed by atoms with Crippen LogP contribution >= 0.6 is 11.3 Å². The summed E-state index contributed by atoms with van der Waals surface area (Å²) in [5.74, 6) is 0. The van der Waals surface area contributed by atoms with Gasteiger partial charge in [-0.05, 0) is 12.1 Å². The lowest BCUT2D eigenvalue weighted by molar-refractivity contribution is -0.137. The van der Waals surface area contributed by atoms with Crippen molar-refractivity contribution >= 4 is 17.0 Å². The highest BCUT2D eigenvalue weighted by Gasteiger charge is 2.34. The quantitative estimate of drug-likeness (QED) is 0.808. The van der Waals surface area contributed by atoms with E-state index >= 15 is 0 Å². The van der Waals surface area contributed by atoms with Crippen molar-refractivity contribution in [2.45, 2.75) is 6.18 Å². The van der Waals surface area contributed by atoms with Crippen LogP contribution in [0.3, 0.4) is 0 Å². The molecule has 0 bridgehead atoms. The number of nitriles is 1. The van der Waals surface area contributed by atoms with Gasteiger partial charge in [0.2, 0.25) is 0 Å². The number of hydrogen-bond acceptors (Lipinski definition) is 4. The Bertz CT molecular complexity index is 625. The van der Waals surface area contributed by atoms with Crippen molar-refractivity contribution in [2.24, 2.45) is 0 Å². The SMILES string of the molecule is N#Cc1cc(-c2csc(C(F)(F)F)n2)ccc1N. The van der Waals surface area contributed by atoms with Gasteiger partial charge in [-0.15, -0.1) is 11.3 Å². The number of thiazole rings is 1. The number of nitrogens with two attached hydrogens (primary N) is 1. The molecule has 7 heteroatoms. The van der Waals surface area contributed by atoms with E-state index in [4.69, 9.17) is 11.0 Å². The third-order valence-electron chi connectivity index (χ3n) is 2.22. The summed E-state index contributed by atoms with van der Waals surface area (Å²) in [5, 5.41) is 9.19. The fourth-order valence-electron chi connectivity index (χ4n) is 1.35. The maximum Gasteiger partial charge on any atom is 0.443 e. The van der Waals surface area contributed by atoms with Crippen molar-refractivity contribution in [3.05, 3.63) is 34.2 Å². The Morgan fingerprint density at radius 1 is 1.33 bits per heavy atom. The molecule has 0 saturated carbocycles. The average molecular weight is 269 g/mol. The van der Waals surface area contributed by atoms with Crippen molar-refractivity contribution in [3.63, 3.8) is 0 Å². The molecule has 0 radical (unpaired) electrons. The Balaban J connectivity index is 2.44. The Morgan fingerprint density at radius 2 is 2.06 bits per heavy atom. The molecule has 0 amide bonds. The molecule has 18 heavy (non-hydrogen) atoms. The monoisotopic (exact) mass is 269 g/mol. The van der Waals surface area contributed by atoms with Gasteiger partial charge >= 0.3 is 6.18 Å². The predicted molar refractivity (Wildman–Crippen MR) is 61.7 cm³/mol. The van der Waals surface area contributed by atoms with E-state index < -0.39 is 11.2 Å². The van der Waals surface area contributed by atoms with Crippen LogP contribution in [0.2, 0.25) is 0 Å². The Labute approximate surface area is 104 Å². The van der Waals surface area contributed by atoms with Gasteiger partial charge in [0, 0.05) is 16.6 Å². The molecular formula is C11H6F3N3S. The molecule has 1 aromatic heterocycles. The number of halogens is 3. The van der Waals surface area contributed by atoms with Crippen LogP contribution in [-0.2, 0) is 6.18 Å². The summed E-state index contributed by atoms with van der Waals surface area (Å²) in [7, 11) is 0. The number of rotatable bonds is 1. The first-order chi connectivity index (χ1) is 8.41.